The molecule has 3 heteroatoms. The molecule has 0 aliphatic carbocycles. The zero-order valence-electron chi connectivity index (χ0n) is 12.8. The zero-order chi connectivity index (χ0) is 14.6. The summed E-state index contributed by atoms with van der Waals surface area (Å²) in [5.74, 6) is 1.15. The summed E-state index contributed by atoms with van der Waals surface area (Å²) in [6.07, 6.45) is 0. The van der Waals surface area contributed by atoms with Crippen LogP contribution in [0.15, 0.2) is 12.1 Å². The average Bonchev–Trinajstić information content (AvgIpc) is 2.31. The van der Waals surface area contributed by atoms with Crippen LogP contribution in [0.25, 0.3) is 0 Å². The highest BCUT2D eigenvalue weighted by atomic mass is 16.5. The standard InChI is InChI=1S/C16H25NO2/c1-10(2)14(6)17-16(18)9-19-15-8-11(3)7-12(4)13(15)5/h7-8,10,14H,9H2,1-6H3,(H,17,18). The average molecular weight is 263 g/mol. The van der Waals surface area contributed by atoms with Crippen molar-refractivity contribution < 1.29 is 9.53 Å². The first-order valence-corrected chi connectivity index (χ1v) is 6.81. The van der Waals surface area contributed by atoms with E-state index >= 15 is 0 Å². The van der Waals surface area contributed by atoms with Crippen LogP contribution in [-0.2, 0) is 4.79 Å². The second-order valence-corrected chi connectivity index (χ2v) is 5.59. The Morgan fingerprint density at radius 1 is 1.21 bits per heavy atom. The molecule has 0 aliphatic rings. The van der Waals surface area contributed by atoms with E-state index in [1.807, 2.05) is 26.8 Å². The summed E-state index contributed by atoms with van der Waals surface area (Å²) in [4.78, 5) is 11.8. The van der Waals surface area contributed by atoms with E-state index in [0.29, 0.717) is 5.92 Å². The van der Waals surface area contributed by atoms with Crippen molar-refractivity contribution in [1.29, 1.82) is 0 Å². The molecular formula is C16H25NO2. The van der Waals surface area contributed by atoms with Crippen LogP contribution >= 0.6 is 0 Å². The maximum absolute atomic E-state index is 11.8. The number of hydrogen-bond donors (Lipinski definition) is 1. The first-order chi connectivity index (χ1) is 8.81. The van der Waals surface area contributed by atoms with Gasteiger partial charge in [-0.05, 0) is 56.4 Å². The molecule has 1 atom stereocenters. The quantitative estimate of drug-likeness (QED) is 0.886. The molecule has 1 N–H and O–H groups in total. The summed E-state index contributed by atoms with van der Waals surface area (Å²) >= 11 is 0. The number of amides is 1. The number of aryl methyl sites for hydroxylation is 2. The van der Waals surface area contributed by atoms with Crippen LogP contribution in [0, 0.1) is 26.7 Å². The second kappa shape index (κ2) is 6.60. The summed E-state index contributed by atoms with van der Waals surface area (Å²) in [5, 5.41) is 2.93. The first kappa shape index (κ1) is 15.5. The fourth-order valence-corrected chi connectivity index (χ4v) is 1.76. The monoisotopic (exact) mass is 263 g/mol. The maximum Gasteiger partial charge on any atom is 0.258 e. The molecule has 3 nitrogen and oxygen atoms in total. The number of benzene rings is 1. The number of hydrogen-bond acceptors (Lipinski definition) is 2. The van der Waals surface area contributed by atoms with Crippen LogP contribution in [0.3, 0.4) is 0 Å². The topological polar surface area (TPSA) is 38.3 Å². The van der Waals surface area contributed by atoms with Gasteiger partial charge in [0.15, 0.2) is 6.61 Å². The molecule has 0 saturated carbocycles. The third-order valence-corrected chi connectivity index (χ3v) is 3.51. The Morgan fingerprint density at radius 2 is 1.84 bits per heavy atom. The Balaban J connectivity index is 2.60. The highest BCUT2D eigenvalue weighted by Gasteiger charge is 2.12. The van der Waals surface area contributed by atoms with Gasteiger partial charge in [-0.2, -0.15) is 0 Å². The Kier molecular flexibility index (Phi) is 5.40. The van der Waals surface area contributed by atoms with Crippen molar-refractivity contribution in [3.63, 3.8) is 0 Å². The zero-order valence-corrected chi connectivity index (χ0v) is 12.8. The van der Waals surface area contributed by atoms with Gasteiger partial charge in [-0.15, -0.1) is 0 Å². The molecule has 0 bridgehead atoms. The van der Waals surface area contributed by atoms with E-state index in [0.717, 1.165) is 16.9 Å². The Labute approximate surface area is 116 Å². The van der Waals surface area contributed by atoms with E-state index in [-0.39, 0.29) is 18.6 Å². The lowest BCUT2D eigenvalue weighted by molar-refractivity contribution is -0.124. The fraction of sp³-hybridized carbons (Fsp3) is 0.562. The first-order valence-electron chi connectivity index (χ1n) is 6.81. The summed E-state index contributed by atoms with van der Waals surface area (Å²) in [6.45, 7) is 12.3. The van der Waals surface area contributed by atoms with Gasteiger partial charge in [0.25, 0.3) is 5.91 Å². The second-order valence-electron chi connectivity index (χ2n) is 5.59. The molecule has 0 saturated heterocycles. The highest BCUT2D eigenvalue weighted by molar-refractivity contribution is 5.77. The summed E-state index contributed by atoms with van der Waals surface area (Å²) in [5.41, 5.74) is 3.43. The molecule has 1 aromatic rings. The molecule has 0 aliphatic heterocycles. The molecule has 0 spiro atoms. The predicted molar refractivity (Wildman–Crippen MR) is 78.6 cm³/mol. The van der Waals surface area contributed by atoms with Crippen molar-refractivity contribution in [2.24, 2.45) is 5.92 Å². The molecule has 0 aromatic heterocycles. The summed E-state index contributed by atoms with van der Waals surface area (Å²) in [6, 6.07) is 4.25. The lowest BCUT2D eigenvalue weighted by Crippen LogP contribution is -2.39. The maximum atomic E-state index is 11.8. The fourth-order valence-electron chi connectivity index (χ4n) is 1.76. The molecule has 1 rings (SSSR count). The van der Waals surface area contributed by atoms with Crippen molar-refractivity contribution in [2.45, 2.75) is 47.6 Å². The van der Waals surface area contributed by atoms with Gasteiger partial charge < -0.3 is 10.1 Å². The Hall–Kier alpha value is -1.51. The molecule has 0 fully saturated rings. The van der Waals surface area contributed by atoms with Gasteiger partial charge in [-0.3, -0.25) is 4.79 Å². The van der Waals surface area contributed by atoms with Gasteiger partial charge in [0.2, 0.25) is 0 Å². The minimum Gasteiger partial charge on any atom is -0.483 e. The van der Waals surface area contributed by atoms with E-state index in [1.54, 1.807) is 0 Å². The number of rotatable bonds is 5. The Morgan fingerprint density at radius 3 is 2.42 bits per heavy atom. The van der Waals surface area contributed by atoms with Crippen molar-refractivity contribution in [1.82, 2.24) is 5.32 Å². The van der Waals surface area contributed by atoms with Crippen LogP contribution < -0.4 is 10.1 Å². The molecule has 0 radical (unpaired) electrons. The van der Waals surface area contributed by atoms with Crippen LogP contribution in [-0.4, -0.2) is 18.6 Å². The molecule has 19 heavy (non-hydrogen) atoms. The predicted octanol–water partition coefficient (Wildman–Crippen LogP) is 3.15. The minimum atomic E-state index is -0.0697. The number of carbonyl (C=O) groups excluding carboxylic acids is 1. The number of ether oxygens (including phenoxy) is 1. The number of nitrogens with one attached hydrogen (secondary N) is 1. The molecule has 1 aromatic carbocycles. The van der Waals surface area contributed by atoms with E-state index < -0.39 is 0 Å². The summed E-state index contributed by atoms with van der Waals surface area (Å²) in [7, 11) is 0. The molecule has 0 heterocycles. The van der Waals surface area contributed by atoms with Gasteiger partial charge in [-0.25, -0.2) is 0 Å². The van der Waals surface area contributed by atoms with Crippen LogP contribution in [0.4, 0.5) is 0 Å². The van der Waals surface area contributed by atoms with E-state index in [9.17, 15) is 4.79 Å². The van der Waals surface area contributed by atoms with Crippen molar-refractivity contribution in [2.75, 3.05) is 6.61 Å². The van der Waals surface area contributed by atoms with Crippen molar-refractivity contribution >= 4 is 5.91 Å². The smallest absolute Gasteiger partial charge is 0.258 e. The van der Waals surface area contributed by atoms with Gasteiger partial charge in [0, 0.05) is 6.04 Å². The van der Waals surface area contributed by atoms with Gasteiger partial charge >= 0.3 is 0 Å². The van der Waals surface area contributed by atoms with E-state index in [2.05, 4.69) is 32.2 Å². The normalized spacial score (nSPS) is 12.4. The number of carbonyl (C=O) groups is 1. The highest BCUT2D eigenvalue weighted by Crippen LogP contribution is 2.23. The molecule has 106 valence electrons. The van der Waals surface area contributed by atoms with E-state index in [1.165, 1.54) is 5.56 Å². The largest absolute Gasteiger partial charge is 0.483 e. The third kappa shape index (κ3) is 4.58. The summed E-state index contributed by atoms with van der Waals surface area (Å²) < 4.78 is 5.63. The SMILES string of the molecule is Cc1cc(C)c(C)c(OCC(=O)NC(C)C(C)C)c1. The van der Waals surface area contributed by atoms with Crippen molar-refractivity contribution in [3.05, 3.63) is 28.8 Å². The molecule has 1 amide bonds. The lowest BCUT2D eigenvalue weighted by atomic mass is 10.1. The van der Waals surface area contributed by atoms with Crippen LogP contribution in [0.2, 0.25) is 0 Å². The van der Waals surface area contributed by atoms with Gasteiger partial charge in [0.05, 0.1) is 0 Å². The third-order valence-electron chi connectivity index (χ3n) is 3.51. The Bertz CT molecular complexity index is 452. The lowest BCUT2D eigenvalue weighted by Gasteiger charge is -2.18. The van der Waals surface area contributed by atoms with Crippen LogP contribution in [0.1, 0.15) is 37.5 Å². The van der Waals surface area contributed by atoms with E-state index in [4.69, 9.17) is 4.74 Å². The minimum absolute atomic E-state index is 0.0697. The van der Waals surface area contributed by atoms with Crippen LogP contribution in [0.5, 0.6) is 5.75 Å². The van der Waals surface area contributed by atoms with Gasteiger partial charge in [-0.1, -0.05) is 19.9 Å². The van der Waals surface area contributed by atoms with Crippen molar-refractivity contribution in [3.8, 4) is 5.75 Å². The van der Waals surface area contributed by atoms with Gasteiger partial charge in [0.1, 0.15) is 5.75 Å². The molecular weight excluding hydrogens is 238 g/mol. The molecule has 1 unspecified atom stereocenters.